The summed E-state index contributed by atoms with van der Waals surface area (Å²) in [7, 11) is 4.22. The van der Waals surface area contributed by atoms with Crippen LogP contribution in [-0.2, 0) is 0 Å². The third-order valence-electron chi connectivity index (χ3n) is 1.98. The summed E-state index contributed by atoms with van der Waals surface area (Å²) in [5.74, 6) is 0.903. The third kappa shape index (κ3) is 1.95. The van der Waals surface area contributed by atoms with Crippen molar-refractivity contribution in [3.63, 3.8) is 0 Å². The van der Waals surface area contributed by atoms with Gasteiger partial charge in [-0.2, -0.15) is 0 Å². The second-order valence-corrected chi connectivity index (χ2v) is 2.97. The fourth-order valence-corrected chi connectivity index (χ4v) is 1.48. The highest BCUT2D eigenvalue weighted by Gasteiger charge is 2.17. The lowest BCUT2D eigenvalue weighted by Crippen LogP contribution is -2.21. The zero-order chi connectivity index (χ0) is 6.69. The SMILES string of the molecule is CNCC1CCN(C)C1. The highest BCUT2D eigenvalue weighted by molar-refractivity contribution is 4.73. The normalized spacial score (nSPS) is 29.3. The molecule has 0 aromatic heterocycles. The van der Waals surface area contributed by atoms with Gasteiger partial charge >= 0.3 is 0 Å². The molecule has 1 heterocycles. The first-order valence-corrected chi connectivity index (χ1v) is 3.66. The van der Waals surface area contributed by atoms with Crippen LogP contribution in [-0.4, -0.2) is 38.6 Å². The lowest BCUT2D eigenvalue weighted by Gasteiger charge is -2.08. The maximum Gasteiger partial charge on any atom is 0.00192 e. The van der Waals surface area contributed by atoms with Gasteiger partial charge in [0.2, 0.25) is 0 Å². The third-order valence-corrected chi connectivity index (χ3v) is 1.98. The predicted molar refractivity (Wildman–Crippen MR) is 39.5 cm³/mol. The van der Waals surface area contributed by atoms with Gasteiger partial charge in [0.25, 0.3) is 0 Å². The van der Waals surface area contributed by atoms with Crippen molar-refractivity contribution >= 4 is 0 Å². The van der Waals surface area contributed by atoms with Gasteiger partial charge in [-0.05, 0) is 39.5 Å². The molecule has 1 fully saturated rings. The second kappa shape index (κ2) is 3.18. The van der Waals surface area contributed by atoms with E-state index < -0.39 is 0 Å². The molecule has 0 radical (unpaired) electrons. The fourth-order valence-electron chi connectivity index (χ4n) is 1.48. The average Bonchev–Trinajstić information content (AvgIpc) is 2.17. The minimum Gasteiger partial charge on any atom is -0.319 e. The van der Waals surface area contributed by atoms with Gasteiger partial charge in [0.05, 0.1) is 0 Å². The molecule has 0 aromatic rings. The van der Waals surface area contributed by atoms with Crippen LogP contribution >= 0.6 is 0 Å². The molecule has 2 nitrogen and oxygen atoms in total. The van der Waals surface area contributed by atoms with Crippen LogP contribution in [0.15, 0.2) is 0 Å². The summed E-state index contributed by atoms with van der Waals surface area (Å²) in [4.78, 5) is 2.39. The Kier molecular flexibility index (Phi) is 2.49. The van der Waals surface area contributed by atoms with E-state index >= 15 is 0 Å². The summed E-state index contributed by atoms with van der Waals surface area (Å²) >= 11 is 0. The average molecular weight is 128 g/mol. The molecule has 0 saturated carbocycles. The van der Waals surface area contributed by atoms with Crippen LogP contribution in [0.2, 0.25) is 0 Å². The van der Waals surface area contributed by atoms with Crippen LogP contribution in [0.5, 0.6) is 0 Å². The van der Waals surface area contributed by atoms with Crippen molar-refractivity contribution in [2.45, 2.75) is 6.42 Å². The smallest absolute Gasteiger partial charge is 0.00192 e. The Bertz CT molecular complexity index is 81.0. The van der Waals surface area contributed by atoms with Crippen molar-refractivity contribution < 1.29 is 0 Å². The monoisotopic (exact) mass is 128 g/mol. The van der Waals surface area contributed by atoms with E-state index in [2.05, 4.69) is 17.3 Å². The standard InChI is InChI=1S/C7H16N2/c1-8-5-7-3-4-9(2)6-7/h7-8H,3-6H2,1-2H3. The molecule has 1 rings (SSSR count). The largest absolute Gasteiger partial charge is 0.319 e. The Morgan fingerprint density at radius 3 is 2.89 bits per heavy atom. The highest BCUT2D eigenvalue weighted by Crippen LogP contribution is 2.12. The molecule has 1 aliphatic heterocycles. The van der Waals surface area contributed by atoms with Crippen LogP contribution in [0.4, 0.5) is 0 Å². The summed E-state index contributed by atoms with van der Waals surface area (Å²) in [5.41, 5.74) is 0. The van der Waals surface area contributed by atoms with Gasteiger partial charge in [-0.3, -0.25) is 0 Å². The van der Waals surface area contributed by atoms with Gasteiger partial charge in [-0.25, -0.2) is 0 Å². The van der Waals surface area contributed by atoms with Gasteiger partial charge in [-0.15, -0.1) is 0 Å². The van der Waals surface area contributed by atoms with Gasteiger partial charge in [0.15, 0.2) is 0 Å². The van der Waals surface area contributed by atoms with E-state index in [1.165, 1.54) is 26.1 Å². The Hall–Kier alpha value is -0.0800. The molecular formula is C7H16N2. The molecule has 0 amide bonds. The molecule has 1 aliphatic rings. The number of likely N-dealkylation sites (tertiary alicyclic amines) is 1. The Labute approximate surface area is 57.2 Å². The Morgan fingerprint density at radius 1 is 1.67 bits per heavy atom. The number of hydrogen-bond donors (Lipinski definition) is 1. The summed E-state index contributed by atoms with van der Waals surface area (Å²) in [6.45, 7) is 3.75. The van der Waals surface area contributed by atoms with Crippen molar-refractivity contribution in [2.24, 2.45) is 5.92 Å². The maximum atomic E-state index is 3.20. The van der Waals surface area contributed by atoms with E-state index in [0.29, 0.717) is 0 Å². The minimum absolute atomic E-state index is 0.903. The molecule has 0 aliphatic carbocycles. The molecule has 0 bridgehead atoms. The number of nitrogens with zero attached hydrogens (tertiary/aromatic N) is 1. The molecule has 0 spiro atoms. The minimum atomic E-state index is 0.903. The van der Waals surface area contributed by atoms with E-state index in [0.717, 1.165) is 5.92 Å². The maximum absolute atomic E-state index is 3.20. The van der Waals surface area contributed by atoms with Crippen LogP contribution in [0, 0.1) is 5.92 Å². The first kappa shape index (κ1) is 7.03. The van der Waals surface area contributed by atoms with E-state index in [-0.39, 0.29) is 0 Å². The van der Waals surface area contributed by atoms with Crippen LogP contribution < -0.4 is 5.32 Å². The van der Waals surface area contributed by atoms with E-state index in [1.807, 2.05) is 7.05 Å². The topological polar surface area (TPSA) is 15.3 Å². The Balaban J connectivity index is 2.14. The molecule has 1 unspecified atom stereocenters. The molecular weight excluding hydrogens is 112 g/mol. The number of rotatable bonds is 2. The van der Waals surface area contributed by atoms with Gasteiger partial charge in [0, 0.05) is 6.54 Å². The summed E-state index contributed by atoms with van der Waals surface area (Å²) in [5, 5.41) is 3.20. The van der Waals surface area contributed by atoms with Gasteiger partial charge in [-0.1, -0.05) is 0 Å². The molecule has 2 heteroatoms. The first-order valence-electron chi connectivity index (χ1n) is 3.66. The summed E-state index contributed by atoms with van der Waals surface area (Å²) < 4.78 is 0. The van der Waals surface area contributed by atoms with Crippen molar-refractivity contribution in [1.82, 2.24) is 10.2 Å². The molecule has 54 valence electrons. The van der Waals surface area contributed by atoms with Crippen LogP contribution in [0.1, 0.15) is 6.42 Å². The molecule has 1 atom stereocenters. The Morgan fingerprint density at radius 2 is 2.44 bits per heavy atom. The van der Waals surface area contributed by atoms with E-state index in [4.69, 9.17) is 0 Å². The summed E-state index contributed by atoms with van der Waals surface area (Å²) in [6.07, 6.45) is 1.37. The molecule has 9 heavy (non-hydrogen) atoms. The molecule has 1 saturated heterocycles. The highest BCUT2D eigenvalue weighted by atomic mass is 15.1. The lowest BCUT2D eigenvalue weighted by atomic mass is 10.1. The zero-order valence-corrected chi connectivity index (χ0v) is 6.35. The first-order chi connectivity index (χ1) is 4.33. The van der Waals surface area contributed by atoms with Gasteiger partial charge in [0.1, 0.15) is 0 Å². The number of nitrogens with one attached hydrogen (secondary N) is 1. The van der Waals surface area contributed by atoms with Crippen molar-refractivity contribution in [1.29, 1.82) is 0 Å². The number of hydrogen-bond acceptors (Lipinski definition) is 2. The predicted octanol–water partition coefficient (Wildman–Crippen LogP) is 0.157. The molecule has 0 aromatic carbocycles. The zero-order valence-electron chi connectivity index (χ0n) is 6.35. The summed E-state index contributed by atoms with van der Waals surface area (Å²) in [6, 6.07) is 0. The van der Waals surface area contributed by atoms with Crippen LogP contribution in [0.3, 0.4) is 0 Å². The van der Waals surface area contributed by atoms with Crippen molar-refractivity contribution in [2.75, 3.05) is 33.7 Å². The fraction of sp³-hybridized carbons (Fsp3) is 1.00. The van der Waals surface area contributed by atoms with Crippen LogP contribution in [0.25, 0.3) is 0 Å². The van der Waals surface area contributed by atoms with Crippen molar-refractivity contribution in [3.05, 3.63) is 0 Å². The second-order valence-electron chi connectivity index (χ2n) is 2.97. The van der Waals surface area contributed by atoms with Crippen molar-refractivity contribution in [3.8, 4) is 0 Å². The molecule has 1 N–H and O–H groups in total. The van der Waals surface area contributed by atoms with E-state index in [9.17, 15) is 0 Å². The lowest BCUT2D eigenvalue weighted by molar-refractivity contribution is 0.392. The quantitative estimate of drug-likeness (QED) is 0.570. The van der Waals surface area contributed by atoms with Gasteiger partial charge < -0.3 is 10.2 Å². The van der Waals surface area contributed by atoms with E-state index in [1.54, 1.807) is 0 Å².